The summed E-state index contributed by atoms with van der Waals surface area (Å²) in [7, 11) is 0. The van der Waals surface area contributed by atoms with Crippen LogP contribution in [0.15, 0.2) is 0 Å². The quantitative estimate of drug-likeness (QED) is 0.565. The first-order chi connectivity index (χ1) is 17.2. The highest BCUT2D eigenvalue weighted by atomic mass is 19.4. The zero-order valence-corrected chi connectivity index (χ0v) is 21.5. The summed E-state index contributed by atoms with van der Waals surface area (Å²) in [6.07, 6.45) is -4.75. The van der Waals surface area contributed by atoms with Gasteiger partial charge in [0.05, 0.1) is 18.3 Å². The molecule has 13 heteroatoms. The number of rotatable bonds is 6. The van der Waals surface area contributed by atoms with Crippen molar-refractivity contribution < 1.29 is 36.7 Å². The second kappa shape index (κ2) is 11.2. The number of aromatic nitrogens is 2. The molecular weight excluding hydrogens is 498 g/mol. The maximum atomic E-state index is 13.5. The van der Waals surface area contributed by atoms with Crippen LogP contribution in [0.2, 0.25) is 0 Å². The minimum Gasteiger partial charge on any atom is -0.444 e. The Morgan fingerprint density at radius 1 is 1.19 bits per heavy atom. The van der Waals surface area contributed by atoms with Crippen LogP contribution < -0.4 is 5.32 Å². The van der Waals surface area contributed by atoms with E-state index in [-0.39, 0.29) is 55.6 Å². The third-order valence-electron chi connectivity index (χ3n) is 6.17. The second-order valence-electron chi connectivity index (χ2n) is 10.6. The van der Waals surface area contributed by atoms with Gasteiger partial charge in [0.1, 0.15) is 12.3 Å². The molecule has 3 amide bonds. The van der Waals surface area contributed by atoms with E-state index >= 15 is 0 Å². The van der Waals surface area contributed by atoms with E-state index in [1.54, 1.807) is 25.7 Å². The summed E-state index contributed by atoms with van der Waals surface area (Å²) in [4.78, 5) is 48.2. The number of ether oxygens (including phenoxy) is 1. The number of carbonyl (C=O) groups is 3. The predicted octanol–water partition coefficient (Wildman–Crippen LogP) is 3.39. The van der Waals surface area contributed by atoms with E-state index in [9.17, 15) is 31.9 Å². The highest BCUT2D eigenvalue weighted by Crippen LogP contribution is 2.34. The number of nitrogens with one attached hydrogen (secondary N) is 1. The highest BCUT2D eigenvalue weighted by molar-refractivity contribution is 5.79. The summed E-state index contributed by atoms with van der Waals surface area (Å²) >= 11 is 0. The number of carbonyl (C=O) groups excluding carboxylic acids is 3. The van der Waals surface area contributed by atoms with E-state index in [4.69, 9.17) is 4.74 Å². The minimum absolute atomic E-state index is 0.0217. The van der Waals surface area contributed by atoms with Gasteiger partial charge in [-0.25, -0.2) is 19.2 Å². The Balaban J connectivity index is 1.77. The van der Waals surface area contributed by atoms with Crippen molar-refractivity contribution in [2.24, 2.45) is 5.92 Å². The van der Waals surface area contributed by atoms with Crippen molar-refractivity contribution >= 4 is 17.9 Å². The zero-order chi connectivity index (χ0) is 27.5. The van der Waals surface area contributed by atoms with E-state index < -0.39 is 48.0 Å². The normalized spacial score (nSPS) is 19.4. The average Bonchev–Trinajstić information content (AvgIpc) is 2.78. The fourth-order valence-electron chi connectivity index (χ4n) is 4.50. The van der Waals surface area contributed by atoms with Crippen molar-refractivity contribution in [1.29, 1.82) is 0 Å². The molecule has 0 bridgehead atoms. The number of likely N-dealkylation sites (tertiary alicyclic amines) is 1. The molecular formula is C24H33F4N5O4. The molecule has 9 nitrogen and oxygen atoms in total. The van der Waals surface area contributed by atoms with Gasteiger partial charge < -0.3 is 19.9 Å². The molecule has 3 rings (SSSR count). The van der Waals surface area contributed by atoms with Gasteiger partial charge in [0.15, 0.2) is 11.5 Å². The van der Waals surface area contributed by atoms with Crippen molar-refractivity contribution in [1.82, 2.24) is 25.1 Å². The van der Waals surface area contributed by atoms with Crippen LogP contribution in [0.5, 0.6) is 0 Å². The summed E-state index contributed by atoms with van der Waals surface area (Å²) < 4.78 is 58.9. The molecule has 1 fully saturated rings. The molecule has 0 aliphatic carbocycles. The van der Waals surface area contributed by atoms with Gasteiger partial charge in [0.25, 0.3) is 0 Å². The molecule has 2 aliphatic heterocycles. The third-order valence-corrected chi connectivity index (χ3v) is 6.17. The fraction of sp³-hybridized carbons (Fsp3) is 0.708. The number of alkyl carbamates (subject to hydrolysis) is 1. The Kier molecular flexibility index (Phi) is 8.63. The highest BCUT2D eigenvalue weighted by Gasteiger charge is 2.39. The Morgan fingerprint density at radius 2 is 1.89 bits per heavy atom. The minimum atomic E-state index is -4.77. The van der Waals surface area contributed by atoms with Gasteiger partial charge in [0, 0.05) is 38.0 Å². The molecule has 2 aliphatic rings. The molecule has 1 N–H and O–H groups in total. The van der Waals surface area contributed by atoms with E-state index in [0.29, 0.717) is 13.0 Å². The SMILES string of the molecule is C[C@@H]1CCC(=O)N(C[C@H](CC(=O)N2CCc3c(nc(CF)nc3C(F)(F)F)C2)NC(=O)OC(C)(C)C)C1. The third kappa shape index (κ3) is 7.75. The van der Waals surface area contributed by atoms with Crippen molar-refractivity contribution in [3.05, 3.63) is 22.8 Å². The van der Waals surface area contributed by atoms with Crippen LogP contribution in [0.25, 0.3) is 0 Å². The summed E-state index contributed by atoms with van der Waals surface area (Å²) in [6.45, 7) is 6.12. The lowest BCUT2D eigenvalue weighted by Crippen LogP contribution is -2.51. The molecule has 0 spiro atoms. The van der Waals surface area contributed by atoms with Crippen LogP contribution in [-0.2, 0) is 40.1 Å². The van der Waals surface area contributed by atoms with Crippen LogP contribution in [0, 0.1) is 5.92 Å². The molecule has 0 unspecified atom stereocenters. The first kappa shape index (κ1) is 28.6. The molecule has 0 aromatic carbocycles. The van der Waals surface area contributed by atoms with Gasteiger partial charge in [0.2, 0.25) is 11.8 Å². The predicted molar refractivity (Wildman–Crippen MR) is 124 cm³/mol. The molecule has 1 aromatic rings. The van der Waals surface area contributed by atoms with Crippen LogP contribution in [0.4, 0.5) is 22.4 Å². The number of alkyl halides is 4. The van der Waals surface area contributed by atoms with Crippen molar-refractivity contribution in [2.75, 3.05) is 19.6 Å². The monoisotopic (exact) mass is 531 g/mol. The van der Waals surface area contributed by atoms with Gasteiger partial charge in [-0.15, -0.1) is 0 Å². The van der Waals surface area contributed by atoms with Gasteiger partial charge in [-0.2, -0.15) is 13.2 Å². The van der Waals surface area contributed by atoms with Crippen molar-refractivity contribution in [3.63, 3.8) is 0 Å². The van der Waals surface area contributed by atoms with E-state index in [2.05, 4.69) is 15.3 Å². The molecule has 0 saturated carbocycles. The zero-order valence-electron chi connectivity index (χ0n) is 21.5. The average molecular weight is 532 g/mol. The van der Waals surface area contributed by atoms with Crippen LogP contribution in [0.1, 0.15) is 69.7 Å². The summed E-state index contributed by atoms with van der Waals surface area (Å²) in [5.74, 6) is -0.856. The Bertz CT molecular complexity index is 1030. The number of nitrogens with zero attached hydrogens (tertiary/aromatic N) is 4. The first-order valence-corrected chi connectivity index (χ1v) is 12.2. The summed E-state index contributed by atoms with van der Waals surface area (Å²) in [5, 5.41) is 2.67. The van der Waals surface area contributed by atoms with E-state index in [0.717, 1.165) is 6.42 Å². The fourth-order valence-corrected chi connectivity index (χ4v) is 4.50. The standard InChI is InChI=1S/C24H33F4N5O4/c1-14-5-6-19(34)33(11-14)12-15(29-22(36)37-23(2,3)4)9-20(35)32-8-7-16-17(13-32)30-18(10-25)31-21(16)24(26,27)28/h14-15H,5-13H2,1-4H3,(H,29,36)/t14-,15+/m1/s1. The lowest BCUT2D eigenvalue weighted by Gasteiger charge is -2.35. The Labute approximate surface area is 212 Å². The van der Waals surface area contributed by atoms with E-state index in [1.165, 1.54) is 4.90 Å². The maximum Gasteiger partial charge on any atom is 0.433 e. The Hall–Kier alpha value is -2.99. The number of halogens is 4. The molecule has 206 valence electrons. The van der Waals surface area contributed by atoms with Crippen molar-refractivity contribution in [3.8, 4) is 0 Å². The van der Waals surface area contributed by atoms with Crippen molar-refractivity contribution in [2.45, 2.75) is 84.4 Å². The molecule has 0 radical (unpaired) electrons. The maximum absolute atomic E-state index is 13.5. The van der Waals surface area contributed by atoms with Gasteiger partial charge in [-0.05, 0) is 39.5 Å². The molecule has 3 heterocycles. The van der Waals surface area contributed by atoms with Gasteiger partial charge in [-0.3, -0.25) is 9.59 Å². The molecule has 1 aromatic heterocycles. The number of hydrogen-bond donors (Lipinski definition) is 1. The second-order valence-corrected chi connectivity index (χ2v) is 10.6. The number of fused-ring (bicyclic) bond motifs is 1. The lowest BCUT2D eigenvalue weighted by molar-refractivity contribution is -0.142. The van der Waals surface area contributed by atoms with Crippen LogP contribution in [-0.4, -0.2) is 69.0 Å². The van der Waals surface area contributed by atoms with Crippen LogP contribution >= 0.6 is 0 Å². The van der Waals surface area contributed by atoms with Crippen LogP contribution in [0.3, 0.4) is 0 Å². The molecule has 37 heavy (non-hydrogen) atoms. The lowest BCUT2D eigenvalue weighted by atomic mass is 9.98. The molecule has 1 saturated heterocycles. The smallest absolute Gasteiger partial charge is 0.433 e. The number of hydrogen-bond acceptors (Lipinski definition) is 6. The van der Waals surface area contributed by atoms with E-state index in [1.807, 2.05) is 6.92 Å². The topological polar surface area (TPSA) is 105 Å². The Morgan fingerprint density at radius 3 is 2.51 bits per heavy atom. The summed E-state index contributed by atoms with van der Waals surface area (Å²) in [6, 6.07) is -0.782. The number of amides is 3. The number of piperidine rings is 1. The first-order valence-electron chi connectivity index (χ1n) is 12.2. The summed E-state index contributed by atoms with van der Waals surface area (Å²) in [5.41, 5.74) is -2.16. The van der Waals surface area contributed by atoms with Gasteiger partial charge >= 0.3 is 12.3 Å². The largest absolute Gasteiger partial charge is 0.444 e. The van der Waals surface area contributed by atoms with Gasteiger partial charge in [-0.1, -0.05) is 6.92 Å². The molecule has 2 atom stereocenters.